The SMILES string of the molecule is C[C@@H](O)[C@H]1C(=O)N2C(C(=O)O)=C(S[C@@H]3CCN(CC4CCNC(CN)C4)C3)[C@H](C)[C@H]12. The zero-order chi connectivity index (χ0) is 21.6. The highest BCUT2D eigenvalue weighted by Gasteiger charge is 2.60. The Labute approximate surface area is 182 Å². The van der Waals surface area contributed by atoms with Crippen molar-refractivity contribution in [2.75, 3.05) is 32.7 Å². The number of rotatable bonds is 7. The van der Waals surface area contributed by atoms with Crippen LogP contribution in [0.25, 0.3) is 0 Å². The Morgan fingerprint density at radius 3 is 2.83 bits per heavy atom. The molecule has 3 saturated heterocycles. The second-order valence-electron chi connectivity index (χ2n) is 9.34. The second-order valence-corrected chi connectivity index (χ2v) is 10.7. The average molecular weight is 439 g/mol. The molecule has 4 aliphatic heterocycles. The Balaban J connectivity index is 1.39. The number of fused-ring (bicyclic) bond motifs is 1. The molecule has 0 spiro atoms. The molecule has 0 radical (unpaired) electrons. The maximum atomic E-state index is 12.5. The van der Waals surface area contributed by atoms with E-state index in [4.69, 9.17) is 5.73 Å². The van der Waals surface area contributed by atoms with Crippen LogP contribution in [0.5, 0.6) is 0 Å². The lowest BCUT2D eigenvalue weighted by Gasteiger charge is -2.46. The fourth-order valence-corrected chi connectivity index (χ4v) is 7.24. The van der Waals surface area contributed by atoms with Crippen molar-refractivity contribution in [1.82, 2.24) is 15.1 Å². The van der Waals surface area contributed by atoms with E-state index in [1.54, 1.807) is 18.7 Å². The molecule has 5 N–H and O–H groups in total. The van der Waals surface area contributed by atoms with Gasteiger partial charge in [0.15, 0.2) is 0 Å². The highest BCUT2D eigenvalue weighted by Crippen LogP contribution is 2.51. The molecule has 4 aliphatic rings. The summed E-state index contributed by atoms with van der Waals surface area (Å²) >= 11 is 1.64. The van der Waals surface area contributed by atoms with Gasteiger partial charge in [-0.15, -0.1) is 11.8 Å². The number of thioether (sulfide) groups is 1. The van der Waals surface area contributed by atoms with E-state index in [-0.39, 0.29) is 23.6 Å². The summed E-state index contributed by atoms with van der Waals surface area (Å²) < 4.78 is 0. The number of carboxylic acids is 1. The first-order valence-corrected chi connectivity index (χ1v) is 12.0. The van der Waals surface area contributed by atoms with Crippen molar-refractivity contribution in [3.63, 3.8) is 0 Å². The van der Waals surface area contributed by atoms with E-state index in [1.165, 1.54) is 11.3 Å². The van der Waals surface area contributed by atoms with Gasteiger partial charge in [0.1, 0.15) is 5.70 Å². The number of aliphatic hydroxyl groups excluding tert-OH is 1. The van der Waals surface area contributed by atoms with Crippen molar-refractivity contribution in [2.45, 2.75) is 56.5 Å². The first-order chi connectivity index (χ1) is 14.3. The third-order valence-electron chi connectivity index (χ3n) is 7.24. The van der Waals surface area contributed by atoms with Gasteiger partial charge < -0.3 is 31.1 Å². The second kappa shape index (κ2) is 8.78. The Bertz CT molecular complexity index is 730. The smallest absolute Gasteiger partial charge is 0.353 e. The van der Waals surface area contributed by atoms with Crippen LogP contribution in [0.3, 0.4) is 0 Å². The van der Waals surface area contributed by atoms with Crippen LogP contribution < -0.4 is 11.1 Å². The highest BCUT2D eigenvalue weighted by atomic mass is 32.2. The summed E-state index contributed by atoms with van der Waals surface area (Å²) in [7, 11) is 0. The summed E-state index contributed by atoms with van der Waals surface area (Å²) in [6.45, 7) is 8.37. The van der Waals surface area contributed by atoms with Crippen LogP contribution in [-0.4, -0.2) is 88.1 Å². The zero-order valence-electron chi connectivity index (χ0n) is 17.8. The quantitative estimate of drug-likeness (QED) is 0.419. The molecule has 0 bridgehead atoms. The van der Waals surface area contributed by atoms with Gasteiger partial charge in [-0.1, -0.05) is 6.92 Å². The minimum absolute atomic E-state index is 0.0535. The molecule has 8 nitrogen and oxygen atoms in total. The lowest BCUT2D eigenvalue weighted by molar-refractivity contribution is -0.163. The number of nitrogens with zero attached hydrogens (tertiary/aromatic N) is 2. The summed E-state index contributed by atoms with van der Waals surface area (Å²) in [6.07, 6.45) is 2.56. The number of nitrogens with two attached hydrogens (primary N) is 1. The van der Waals surface area contributed by atoms with Crippen LogP contribution in [0.15, 0.2) is 10.6 Å². The lowest BCUT2D eigenvalue weighted by Crippen LogP contribution is -2.63. The minimum Gasteiger partial charge on any atom is -0.477 e. The summed E-state index contributed by atoms with van der Waals surface area (Å²) in [4.78, 5) is 29.2. The van der Waals surface area contributed by atoms with E-state index < -0.39 is 18.0 Å². The number of aliphatic carboxylic acids is 1. The number of aliphatic hydroxyl groups is 1. The van der Waals surface area contributed by atoms with Gasteiger partial charge in [-0.25, -0.2) is 4.79 Å². The van der Waals surface area contributed by atoms with Gasteiger partial charge in [0.2, 0.25) is 5.91 Å². The number of carbonyl (C=O) groups is 2. The van der Waals surface area contributed by atoms with Gasteiger partial charge in [0, 0.05) is 41.7 Å². The van der Waals surface area contributed by atoms with Gasteiger partial charge in [-0.05, 0) is 45.2 Å². The van der Waals surface area contributed by atoms with Crippen molar-refractivity contribution in [2.24, 2.45) is 23.5 Å². The van der Waals surface area contributed by atoms with E-state index in [9.17, 15) is 19.8 Å². The molecule has 3 fully saturated rings. The maximum Gasteiger partial charge on any atom is 0.353 e. The fraction of sp³-hybridized carbons (Fsp3) is 0.810. The summed E-state index contributed by atoms with van der Waals surface area (Å²) in [5.41, 5.74) is 5.97. The number of carboxylic acid groups (broad SMARTS) is 1. The van der Waals surface area contributed by atoms with Gasteiger partial charge in [0.25, 0.3) is 0 Å². The molecule has 0 aromatic rings. The van der Waals surface area contributed by atoms with Crippen LogP contribution in [-0.2, 0) is 9.59 Å². The number of hydrogen-bond acceptors (Lipinski definition) is 7. The predicted octanol–water partition coefficient (Wildman–Crippen LogP) is 0.275. The van der Waals surface area contributed by atoms with Crippen molar-refractivity contribution in [3.8, 4) is 0 Å². The number of β-lactam (4-membered cyclic amide) rings is 1. The molecule has 2 unspecified atom stereocenters. The van der Waals surface area contributed by atoms with Crippen molar-refractivity contribution in [1.29, 1.82) is 0 Å². The van der Waals surface area contributed by atoms with Crippen LogP contribution in [0.1, 0.15) is 33.1 Å². The standard InChI is InChI=1S/C21H34N4O4S/c1-11-17-16(12(2)26)20(27)25(17)18(21(28)29)19(11)30-15-4-6-24(10-15)9-13-3-5-23-14(7-13)8-22/h11-17,23,26H,3-10,22H2,1-2H3,(H,28,29)/t11-,12-,13?,14?,15-,16-,17-/m1/s1. The predicted molar refractivity (Wildman–Crippen MR) is 116 cm³/mol. The number of amides is 1. The first-order valence-electron chi connectivity index (χ1n) is 11.1. The molecule has 1 amide bonds. The van der Waals surface area contributed by atoms with Crippen molar-refractivity contribution >= 4 is 23.6 Å². The van der Waals surface area contributed by atoms with E-state index in [0.29, 0.717) is 23.8 Å². The number of nitrogens with one attached hydrogen (secondary N) is 1. The number of likely N-dealkylation sites (tertiary alicyclic amines) is 1. The van der Waals surface area contributed by atoms with Gasteiger partial charge in [0.05, 0.1) is 18.1 Å². The van der Waals surface area contributed by atoms with Crippen LogP contribution in [0, 0.1) is 17.8 Å². The molecule has 9 heteroatoms. The summed E-state index contributed by atoms with van der Waals surface area (Å²) in [5.74, 6) is -1.19. The third kappa shape index (κ3) is 3.90. The maximum absolute atomic E-state index is 12.5. The van der Waals surface area contributed by atoms with E-state index in [2.05, 4.69) is 10.2 Å². The minimum atomic E-state index is -1.04. The van der Waals surface area contributed by atoms with Gasteiger partial charge >= 0.3 is 5.97 Å². The molecule has 0 saturated carbocycles. The normalized spacial score (nSPS) is 38.0. The topological polar surface area (TPSA) is 119 Å². The lowest BCUT2D eigenvalue weighted by atomic mass is 9.79. The highest BCUT2D eigenvalue weighted by molar-refractivity contribution is 8.03. The molecule has 0 aliphatic carbocycles. The van der Waals surface area contributed by atoms with Crippen LogP contribution in [0.2, 0.25) is 0 Å². The molecule has 168 valence electrons. The number of hydrogen-bond donors (Lipinski definition) is 4. The molecule has 4 rings (SSSR count). The van der Waals surface area contributed by atoms with Crippen LogP contribution in [0.4, 0.5) is 0 Å². The Hall–Kier alpha value is -1.13. The Morgan fingerprint density at radius 2 is 2.17 bits per heavy atom. The number of carbonyl (C=O) groups excluding carboxylic acids is 1. The molecular formula is C21H34N4O4S. The largest absolute Gasteiger partial charge is 0.477 e. The first kappa shape index (κ1) is 22.1. The van der Waals surface area contributed by atoms with Crippen molar-refractivity contribution in [3.05, 3.63) is 10.6 Å². The monoisotopic (exact) mass is 438 g/mol. The summed E-state index contributed by atoms with van der Waals surface area (Å²) in [5, 5.41) is 23.6. The molecule has 4 heterocycles. The molecule has 0 aromatic carbocycles. The number of piperidine rings is 1. The van der Waals surface area contributed by atoms with E-state index in [1.807, 2.05) is 6.92 Å². The Kier molecular flexibility index (Phi) is 6.46. The fourth-order valence-electron chi connectivity index (χ4n) is 5.72. The van der Waals surface area contributed by atoms with Crippen LogP contribution >= 0.6 is 11.8 Å². The van der Waals surface area contributed by atoms with E-state index in [0.717, 1.165) is 43.9 Å². The molecule has 30 heavy (non-hydrogen) atoms. The molecule has 7 atom stereocenters. The molecule has 0 aromatic heterocycles. The zero-order valence-corrected chi connectivity index (χ0v) is 18.6. The molecular weight excluding hydrogens is 404 g/mol. The van der Waals surface area contributed by atoms with Crippen molar-refractivity contribution < 1.29 is 19.8 Å². The van der Waals surface area contributed by atoms with Gasteiger partial charge in [-0.3, -0.25) is 4.79 Å². The third-order valence-corrected chi connectivity index (χ3v) is 8.78. The summed E-state index contributed by atoms with van der Waals surface area (Å²) in [6, 6.07) is 0.189. The van der Waals surface area contributed by atoms with Gasteiger partial charge in [-0.2, -0.15) is 0 Å². The Morgan fingerprint density at radius 1 is 1.40 bits per heavy atom. The average Bonchev–Trinajstić information content (AvgIpc) is 3.23. The van der Waals surface area contributed by atoms with E-state index >= 15 is 0 Å².